The van der Waals surface area contributed by atoms with E-state index in [0.29, 0.717) is 11.4 Å². The van der Waals surface area contributed by atoms with E-state index in [4.69, 9.17) is 0 Å². The highest BCUT2D eigenvalue weighted by Gasteiger charge is 2.18. The summed E-state index contributed by atoms with van der Waals surface area (Å²) in [5, 5.41) is 13.5. The number of carbonyl (C=O) groups is 1. The summed E-state index contributed by atoms with van der Waals surface area (Å²) < 4.78 is 13.3. The lowest BCUT2D eigenvalue weighted by molar-refractivity contribution is -0.387. The number of halogens is 1. The van der Waals surface area contributed by atoms with Gasteiger partial charge in [-0.25, -0.2) is 4.98 Å². The average molecular weight is 320 g/mol. The number of imidazole rings is 1. The molecule has 23 heavy (non-hydrogen) atoms. The van der Waals surface area contributed by atoms with Gasteiger partial charge >= 0.3 is 5.69 Å². The molecule has 1 aromatic carbocycles. The molecule has 1 aromatic heterocycles. The first-order valence-corrected chi connectivity index (χ1v) is 7.16. The number of aromatic amines is 1. The second-order valence-corrected chi connectivity index (χ2v) is 5.14. The van der Waals surface area contributed by atoms with Gasteiger partial charge in [-0.05, 0) is 25.0 Å². The Kier molecular flexibility index (Phi) is 5.05. The highest BCUT2D eigenvalue weighted by molar-refractivity contribution is 5.78. The molecule has 8 heteroatoms. The van der Waals surface area contributed by atoms with Gasteiger partial charge in [-0.2, -0.15) is 4.39 Å². The Morgan fingerprint density at radius 3 is 2.87 bits per heavy atom. The van der Waals surface area contributed by atoms with Gasteiger partial charge < -0.3 is 10.3 Å². The molecule has 2 N–H and O–H groups in total. The second-order valence-electron chi connectivity index (χ2n) is 5.14. The van der Waals surface area contributed by atoms with Crippen molar-refractivity contribution in [2.45, 2.75) is 32.7 Å². The number of nitro groups is 1. The smallest absolute Gasteiger partial charge is 0.305 e. The lowest BCUT2D eigenvalue weighted by Crippen LogP contribution is -2.28. The number of H-pyrrole nitrogens is 1. The number of aryl methyl sites for hydroxylation is 1. The summed E-state index contributed by atoms with van der Waals surface area (Å²) in [7, 11) is 0. The Bertz CT molecular complexity index is 729. The van der Waals surface area contributed by atoms with Crippen molar-refractivity contribution in [2.24, 2.45) is 0 Å². The van der Waals surface area contributed by atoms with E-state index in [1.54, 1.807) is 13.1 Å². The Morgan fingerprint density at radius 1 is 1.52 bits per heavy atom. The van der Waals surface area contributed by atoms with Crippen molar-refractivity contribution in [3.05, 3.63) is 57.4 Å². The van der Waals surface area contributed by atoms with Crippen LogP contribution in [0.5, 0.6) is 0 Å². The van der Waals surface area contributed by atoms with Gasteiger partial charge in [0, 0.05) is 18.0 Å². The number of hydrogen-bond donors (Lipinski definition) is 2. The fourth-order valence-corrected chi connectivity index (χ4v) is 2.14. The summed E-state index contributed by atoms with van der Waals surface area (Å²) in [4.78, 5) is 29.1. The predicted molar refractivity (Wildman–Crippen MR) is 81.3 cm³/mol. The zero-order chi connectivity index (χ0) is 17.0. The third-order valence-corrected chi connectivity index (χ3v) is 3.43. The summed E-state index contributed by atoms with van der Waals surface area (Å²) in [6.07, 6.45) is 2.55. The number of nitrogens with one attached hydrogen (secondary N) is 2. The number of nitro benzene ring substituents is 1. The lowest BCUT2D eigenvalue weighted by atomic mass is 10.1. The average Bonchev–Trinajstić information content (AvgIpc) is 2.94. The van der Waals surface area contributed by atoms with Crippen LogP contribution in [0.2, 0.25) is 0 Å². The molecule has 2 aromatic rings. The predicted octanol–water partition coefficient (Wildman–Crippen LogP) is 2.44. The molecule has 0 saturated heterocycles. The molecule has 1 amide bonds. The van der Waals surface area contributed by atoms with Crippen LogP contribution in [0.25, 0.3) is 0 Å². The number of hydrogen-bond acceptors (Lipinski definition) is 4. The minimum absolute atomic E-state index is 0.0770. The molecule has 7 nitrogen and oxygen atoms in total. The monoisotopic (exact) mass is 320 g/mol. The van der Waals surface area contributed by atoms with Crippen molar-refractivity contribution in [3.8, 4) is 0 Å². The third kappa shape index (κ3) is 4.12. The molecule has 0 bridgehead atoms. The van der Waals surface area contributed by atoms with Gasteiger partial charge in [-0.1, -0.05) is 13.0 Å². The van der Waals surface area contributed by atoms with Crippen molar-refractivity contribution in [2.75, 3.05) is 0 Å². The normalized spacial score (nSPS) is 12.0. The van der Waals surface area contributed by atoms with E-state index in [1.807, 2.05) is 6.92 Å². The number of rotatable bonds is 6. The number of carbonyl (C=O) groups excluding carboxylic acids is 1. The molecule has 0 saturated carbocycles. The summed E-state index contributed by atoms with van der Waals surface area (Å²) in [6.45, 7) is 3.65. The molecule has 2 rings (SSSR count). The minimum atomic E-state index is -0.903. The van der Waals surface area contributed by atoms with Gasteiger partial charge in [0.05, 0.1) is 17.4 Å². The van der Waals surface area contributed by atoms with Gasteiger partial charge in [0.2, 0.25) is 11.7 Å². The number of aromatic nitrogens is 2. The van der Waals surface area contributed by atoms with Gasteiger partial charge in [0.15, 0.2) is 0 Å². The maximum absolute atomic E-state index is 13.3. The standard InChI is InChI=1S/C15H17FN4O3/c1-3-11-8-17-14(19-11)7-15(21)18-9(2)10-4-5-12(16)13(6-10)20(22)23/h4-6,8-9H,3,7H2,1-2H3,(H,17,19)(H,18,21)/t9-/m0/s1. The van der Waals surface area contributed by atoms with E-state index in [2.05, 4.69) is 15.3 Å². The van der Waals surface area contributed by atoms with E-state index < -0.39 is 22.5 Å². The van der Waals surface area contributed by atoms with Crippen LogP contribution >= 0.6 is 0 Å². The summed E-state index contributed by atoms with van der Waals surface area (Å²) in [5.74, 6) is -0.627. The first-order chi connectivity index (χ1) is 10.9. The van der Waals surface area contributed by atoms with Crippen molar-refractivity contribution in [1.29, 1.82) is 0 Å². The second kappa shape index (κ2) is 6.99. The molecule has 0 unspecified atom stereocenters. The van der Waals surface area contributed by atoms with Crippen LogP contribution in [-0.4, -0.2) is 20.8 Å². The van der Waals surface area contributed by atoms with Gasteiger partial charge in [-0.3, -0.25) is 14.9 Å². The van der Waals surface area contributed by atoms with E-state index in [9.17, 15) is 19.3 Å². The topological polar surface area (TPSA) is 101 Å². The fraction of sp³-hybridized carbons (Fsp3) is 0.333. The number of benzene rings is 1. The van der Waals surface area contributed by atoms with E-state index in [0.717, 1.165) is 24.2 Å². The molecule has 1 atom stereocenters. The fourth-order valence-electron chi connectivity index (χ4n) is 2.14. The van der Waals surface area contributed by atoms with Crippen LogP contribution in [0.15, 0.2) is 24.4 Å². The molecular formula is C15H17FN4O3. The molecule has 0 spiro atoms. The first-order valence-electron chi connectivity index (χ1n) is 7.16. The van der Waals surface area contributed by atoms with Crippen molar-refractivity contribution >= 4 is 11.6 Å². The van der Waals surface area contributed by atoms with Crippen LogP contribution < -0.4 is 5.32 Å². The molecule has 0 aliphatic rings. The van der Waals surface area contributed by atoms with E-state index in [1.165, 1.54) is 6.07 Å². The molecule has 0 aliphatic heterocycles. The highest BCUT2D eigenvalue weighted by atomic mass is 19.1. The van der Waals surface area contributed by atoms with Crippen molar-refractivity contribution in [3.63, 3.8) is 0 Å². The SMILES string of the molecule is CCc1cnc(CC(=O)N[C@@H](C)c2ccc(F)c([N+](=O)[O-])c2)[nH]1. The van der Waals surface area contributed by atoms with E-state index >= 15 is 0 Å². The molecule has 0 aliphatic carbocycles. The Labute approximate surface area is 132 Å². The van der Waals surface area contributed by atoms with Gasteiger partial charge in [0.1, 0.15) is 5.82 Å². The van der Waals surface area contributed by atoms with Gasteiger partial charge in [0.25, 0.3) is 0 Å². The maximum atomic E-state index is 13.3. The quantitative estimate of drug-likeness (QED) is 0.630. The zero-order valence-corrected chi connectivity index (χ0v) is 12.8. The maximum Gasteiger partial charge on any atom is 0.305 e. The number of nitrogens with zero attached hydrogens (tertiary/aromatic N) is 2. The Morgan fingerprint density at radius 2 is 2.26 bits per heavy atom. The van der Waals surface area contributed by atoms with Crippen molar-refractivity contribution in [1.82, 2.24) is 15.3 Å². The molecule has 0 radical (unpaired) electrons. The first kappa shape index (κ1) is 16.6. The van der Waals surface area contributed by atoms with Crippen LogP contribution in [-0.2, 0) is 17.6 Å². The minimum Gasteiger partial charge on any atom is -0.349 e. The Hall–Kier alpha value is -2.77. The largest absolute Gasteiger partial charge is 0.349 e. The van der Waals surface area contributed by atoms with Crippen LogP contribution in [0, 0.1) is 15.9 Å². The zero-order valence-electron chi connectivity index (χ0n) is 12.8. The highest BCUT2D eigenvalue weighted by Crippen LogP contribution is 2.22. The number of amides is 1. The Balaban J connectivity index is 2.03. The molecule has 1 heterocycles. The molecular weight excluding hydrogens is 303 g/mol. The summed E-state index contributed by atoms with van der Waals surface area (Å²) >= 11 is 0. The van der Waals surface area contributed by atoms with Crippen LogP contribution in [0.3, 0.4) is 0 Å². The van der Waals surface area contributed by atoms with Crippen LogP contribution in [0.1, 0.15) is 37.0 Å². The third-order valence-electron chi connectivity index (χ3n) is 3.43. The summed E-state index contributed by atoms with van der Waals surface area (Å²) in [6, 6.07) is 3.08. The van der Waals surface area contributed by atoms with E-state index in [-0.39, 0.29) is 12.3 Å². The summed E-state index contributed by atoms with van der Waals surface area (Å²) in [5.41, 5.74) is 0.789. The molecule has 0 fully saturated rings. The lowest BCUT2D eigenvalue weighted by Gasteiger charge is -2.14. The van der Waals surface area contributed by atoms with Crippen molar-refractivity contribution < 1.29 is 14.1 Å². The van der Waals surface area contributed by atoms with Crippen LogP contribution in [0.4, 0.5) is 10.1 Å². The van der Waals surface area contributed by atoms with Gasteiger partial charge in [-0.15, -0.1) is 0 Å². The molecule has 122 valence electrons.